The molecule has 2 aliphatic rings. The third-order valence-corrected chi connectivity index (χ3v) is 10.6. The molecule has 0 atom stereocenters. The lowest BCUT2D eigenvalue weighted by Crippen LogP contribution is -2.40. The van der Waals surface area contributed by atoms with Crippen LogP contribution < -0.4 is 18.9 Å². The number of benzene rings is 2. The Morgan fingerprint density at radius 3 is 2.31 bits per heavy atom. The van der Waals surface area contributed by atoms with E-state index in [4.69, 9.17) is 65.4 Å². The lowest BCUT2D eigenvalue weighted by atomic mass is 10.00. The fourth-order valence-corrected chi connectivity index (χ4v) is 8.26. The number of halogens is 4. The van der Waals surface area contributed by atoms with E-state index in [1.807, 2.05) is 29.6 Å². The zero-order valence-electron chi connectivity index (χ0n) is 19.4. The molecule has 0 amide bonds. The van der Waals surface area contributed by atoms with Crippen molar-refractivity contribution >= 4 is 69.9 Å². The summed E-state index contributed by atoms with van der Waals surface area (Å²) in [5.74, 6) is 4.87. The van der Waals surface area contributed by atoms with Gasteiger partial charge in [-0.3, -0.25) is 0 Å². The van der Waals surface area contributed by atoms with Crippen LogP contribution in [0.5, 0.6) is 23.0 Å². The molecule has 0 aliphatic carbocycles. The molecule has 0 N–H and O–H groups in total. The molecule has 0 radical (unpaired) electrons. The number of para-hydroxylation sites is 1. The molecule has 1 saturated heterocycles. The highest BCUT2D eigenvalue weighted by atomic mass is 35.5. The van der Waals surface area contributed by atoms with Gasteiger partial charge in [-0.15, -0.1) is 23.5 Å². The molecule has 2 heterocycles. The molecule has 1 fully saturated rings. The largest absolute Gasteiger partial charge is 0.490 e. The van der Waals surface area contributed by atoms with E-state index >= 15 is 0 Å². The number of hydrogen-bond donors (Lipinski definition) is 0. The highest BCUT2D eigenvalue weighted by Crippen LogP contribution is 2.66. The summed E-state index contributed by atoms with van der Waals surface area (Å²) in [6, 6.07) is 9.50. The fourth-order valence-electron chi connectivity index (χ4n) is 4.08. The van der Waals surface area contributed by atoms with Crippen molar-refractivity contribution in [3.63, 3.8) is 0 Å². The second kappa shape index (κ2) is 11.7. The van der Waals surface area contributed by atoms with E-state index in [1.54, 1.807) is 12.1 Å². The number of ether oxygens (including phenoxy) is 4. The van der Waals surface area contributed by atoms with Crippen molar-refractivity contribution in [2.45, 2.75) is 36.4 Å². The van der Waals surface area contributed by atoms with Gasteiger partial charge in [0, 0.05) is 29.2 Å². The van der Waals surface area contributed by atoms with Crippen molar-refractivity contribution in [3.8, 4) is 23.0 Å². The van der Waals surface area contributed by atoms with Crippen LogP contribution in [0.25, 0.3) is 0 Å². The van der Waals surface area contributed by atoms with Crippen LogP contribution in [0, 0.1) is 0 Å². The van der Waals surface area contributed by atoms with Crippen LogP contribution in [-0.4, -0.2) is 36.9 Å². The van der Waals surface area contributed by atoms with Gasteiger partial charge in [-0.2, -0.15) is 0 Å². The van der Waals surface area contributed by atoms with Crippen LogP contribution in [0.4, 0.5) is 0 Å². The standard InChI is InChI=1S/C25H26Cl4O4S2/c1-24(2)25(34-12-13-35-25)17-6-5-7-20(22(17)33-24)31-9-3-4-10-32-23-18(26)14-16(15-19(23)27)30-11-8-21(28)29/h5-8,14-15H,3-4,9-13H2,1-2H3. The molecular formula is C25H26Cl4O4S2. The summed E-state index contributed by atoms with van der Waals surface area (Å²) in [5, 5.41) is 0.752. The molecule has 35 heavy (non-hydrogen) atoms. The van der Waals surface area contributed by atoms with Gasteiger partial charge in [0.15, 0.2) is 17.2 Å². The van der Waals surface area contributed by atoms with Gasteiger partial charge in [-0.05, 0) is 38.8 Å². The highest BCUT2D eigenvalue weighted by molar-refractivity contribution is 8.20. The van der Waals surface area contributed by atoms with Crippen molar-refractivity contribution in [1.29, 1.82) is 0 Å². The Morgan fingerprint density at radius 2 is 1.66 bits per heavy atom. The summed E-state index contributed by atoms with van der Waals surface area (Å²) >= 11 is 27.8. The van der Waals surface area contributed by atoms with Gasteiger partial charge in [0.05, 0.1) is 23.3 Å². The Bertz CT molecular complexity index is 1060. The Morgan fingerprint density at radius 1 is 1.00 bits per heavy atom. The molecule has 2 aromatic carbocycles. The van der Waals surface area contributed by atoms with Crippen LogP contribution in [0.3, 0.4) is 0 Å². The van der Waals surface area contributed by atoms with Gasteiger partial charge in [-0.25, -0.2) is 0 Å². The maximum Gasteiger partial charge on any atom is 0.167 e. The summed E-state index contributed by atoms with van der Waals surface area (Å²) in [7, 11) is 0. The van der Waals surface area contributed by atoms with Crippen LogP contribution >= 0.6 is 69.9 Å². The van der Waals surface area contributed by atoms with Gasteiger partial charge in [0.2, 0.25) is 0 Å². The van der Waals surface area contributed by atoms with Gasteiger partial charge in [-0.1, -0.05) is 58.5 Å². The molecule has 10 heteroatoms. The molecule has 1 spiro atoms. The third-order valence-electron chi connectivity index (χ3n) is 5.68. The van der Waals surface area contributed by atoms with Crippen molar-refractivity contribution in [2.24, 2.45) is 0 Å². The lowest BCUT2D eigenvalue weighted by Gasteiger charge is -2.34. The number of unbranched alkanes of at least 4 members (excludes halogenated alkanes) is 1. The van der Waals surface area contributed by atoms with Crippen molar-refractivity contribution in [1.82, 2.24) is 0 Å². The van der Waals surface area contributed by atoms with Crippen molar-refractivity contribution in [2.75, 3.05) is 31.3 Å². The monoisotopic (exact) mass is 594 g/mol. The van der Waals surface area contributed by atoms with Crippen LogP contribution in [0.2, 0.25) is 10.0 Å². The molecule has 4 rings (SSSR count). The van der Waals surface area contributed by atoms with E-state index in [0.717, 1.165) is 35.8 Å². The molecule has 2 aromatic rings. The number of thioether (sulfide) groups is 2. The minimum absolute atomic E-state index is 0.0669. The first-order valence-electron chi connectivity index (χ1n) is 11.2. The molecule has 0 aromatic heterocycles. The van der Waals surface area contributed by atoms with Gasteiger partial charge >= 0.3 is 0 Å². The molecule has 2 aliphatic heterocycles. The summed E-state index contributed by atoms with van der Waals surface area (Å²) in [6.07, 6.45) is 3.11. The average molecular weight is 596 g/mol. The normalized spacial score (nSPS) is 17.1. The van der Waals surface area contributed by atoms with Crippen molar-refractivity contribution in [3.05, 3.63) is 56.5 Å². The molecular weight excluding hydrogens is 570 g/mol. The first-order valence-corrected chi connectivity index (χ1v) is 14.7. The summed E-state index contributed by atoms with van der Waals surface area (Å²) in [4.78, 5) is 0. The SMILES string of the molecule is CC1(C)Oc2c(OCCCCOc3c(Cl)cc(OCC=C(Cl)Cl)cc3Cl)cccc2C12SCCS2. The van der Waals surface area contributed by atoms with Gasteiger partial charge in [0.25, 0.3) is 0 Å². The predicted octanol–water partition coefficient (Wildman–Crippen LogP) is 8.73. The first-order chi connectivity index (χ1) is 16.7. The molecule has 0 saturated carbocycles. The Kier molecular flexibility index (Phi) is 9.15. The second-order valence-corrected chi connectivity index (χ2v) is 13.2. The minimum atomic E-state index is -0.290. The zero-order chi connectivity index (χ0) is 25.1. The molecule has 0 unspecified atom stereocenters. The highest BCUT2D eigenvalue weighted by Gasteiger charge is 2.58. The molecule has 190 valence electrons. The summed E-state index contributed by atoms with van der Waals surface area (Å²) < 4.78 is 23.9. The quantitative estimate of drug-likeness (QED) is 0.256. The lowest BCUT2D eigenvalue weighted by molar-refractivity contribution is 0.120. The predicted molar refractivity (Wildman–Crippen MR) is 150 cm³/mol. The Labute approximate surface area is 234 Å². The van der Waals surface area contributed by atoms with Crippen LogP contribution in [0.15, 0.2) is 40.9 Å². The Balaban J connectivity index is 1.26. The Hall–Kier alpha value is -0.760. The maximum atomic E-state index is 6.42. The first kappa shape index (κ1) is 27.3. The van der Waals surface area contributed by atoms with Gasteiger partial charge < -0.3 is 18.9 Å². The minimum Gasteiger partial charge on any atom is -0.490 e. The van der Waals surface area contributed by atoms with Crippen LogP contribution in [-0.2, 0) is 4.08 Å². The second-order valence-electron chi connectivity index (χ2n) is 8.48. The van der Waals surface area contributed by atoms with Crippen LogP contribution in [0.1, 0.15) is 32.3 Å². The van der Waals surface area contributed by atoms with E-state index in [0.29, 0.717) is 34.8 Å². The van der Waals surface area contributed by atoms with E-state index in [2.05, 4.69) is 26.0 Å². The summed E-state index contributed by atoms with van der Waals surface area (Å²) in [5.41, 5.74) is 0.941. The fraction of sp³-hybridized carbons (Fsp3) is 0.440. The van der Waals surface area contributed by atoms with E-state index < -0.39 is 0 Å². The number of hydrogen-bond acceptors (Lipinski definition) is 6. The zero-order valence-corrected chi connectivity index (χ0v) is 24.0. The van der Waals surface area contributed by atoms with Crippen molar-refractivity contribution < 1.29 is 18.9 Å². The van der Waals surface area contributed by atoms with E-state index in [1.165, 1.54) is 11.6 Å². The maximum absolute atomic E-state index is 6.42. The smallest absolute Gasteiger partial charge is 0.167 e. The third kappa shape index (κ3) is 6.05. The molecule has 0 bridgehead atoms. The van der Waals surface area contributed by atoms with E-state index in [9.17, 15) is 0 Å². The molecule has 4 nitrogen and oxygen atoms in total. The average Bonchev–Trinajstić information content (AvgIpc) is 3.37. The number of fused-ring (bicyclic) bond motifs is 2. The van der Waals surface area contributed by atoms with Gasteiger partial charge in [0.1, 0.15) is 26.5 Å². The topological polar surface area (TPSA) is 36.9 Å². The van der Waals surface area contributed by atoms with E-state index in [-0.39, 0.29) is 20.8 Å². The summed E-state index contributed by atoms with van der Waals surface area (Å²) in [6.45, 7) is 5.56. The number of rotatable bonds is 10.